The highest BCUT2D eigenvalue weighted by molar-refractivity contribution is 7.91. The van der Waals surface area contributed by atoms with Crippen molar-refractivity contribution in [1.82, 2.24) is 20.4 Å². The molecule has 0 unspecified atom stereocenters. The number of carbonyl (C=O) groups is 2. The number of nitrogens with zero attached hydrogens (tertiary/aromatic N) is 3. The number of sulfone groups is 1. The zero-order chi connectivity index (χ0) is 37.9. The van der Waals surface area contributed by atoms with Gasteiger partial charge in [0.2, 0.25) is 9.84 Å². The number of nitrogens with one attached hydrogen (secondary N) is 2. The smallest absolute Gasteiger partial charge is 0.407 e. The van der Waals surface area contributed by atoms with E-state index in [4.69, 9.17) is 4.74 Å². The number of methoxy groups -OCH3 is 1. The number of anilines is 1. The van der Waals surface area contributed by atoms with E-state index >= 15 is 4.39 Å². The highest BCUT2D eigenvalue weighted by atomic mass is 32.2. The number of carbonyl (C=O) groups excluding carboxylic acids is 2. The molecule has 3 heterocycles. The maximum Gasteiger partial charge on any atom is 0.407 e. The third-order valence-corrected chi connectivity index (χ3v) is 14.5. The van der Waals surface area contributed by atoms with Crippen LogP contribution in [-0.2, 0) is 20.0 Å². The third-order valence-electron chi connectivity index (χ3n) is 12.7. The average Bonchev–Trinajstić information content (AvgIpc) is 3.85. The molecule has 10 nitrogen and oxygen atoms in total. The van der Waals surface area contributed by atoms with E-state index < -0.39 is 15.9 Å². The SMILES string of the molecule is CNC(=O)c1ccc(S(=O)(=O)c2ccc(N3CC[C@@H](CN4CCC([C@@](CN5CCC5)(c5cccc(F)c5)[C@H]5CCC[C@@H]5NC(=O)OC)CC4)C3)cc2)cc1. The molecule has 1 aliphatic carbocycles. The maximum absolute atomic E-state index is 15.0. The van der Waals surface area contributed by atoms with E-state index in [1.807, 2.05) is 18.2 Å². The summed E-state index contributed by atoms with van der Waals surface area (Å²) in [6.07, 6.45) is 6.83. The molecule has 2 N–H and O–H groups in total. The summed E-state index contributed by atoms with van der Waals surface area (Å²) in [6.45, 7) is 7.81. The predicted octanol–water partition coefficient (Wildman–Crippen LogP) is 5.72. The van der Waals surface area contributed by atoms with Crippen molar-refractivity contribution in [1.29, 1.82) is 0 Å². The number of rotatable bonds is 12. The molecule has 3 aromatic rings. The van der Waals surface area contributed by atoms with Crippen LogP contribution in [0.3, 0.4) is 0 Å². The fraction of sp³-hybridized carbons (Fsp3) is 0.524. The van der Waals surface area contributed by atoms with Crippen LogP contribution in [0.25, 0.3) is 0 Å². The largest absolute Gasteiger partial charge is 0.453 e. The molecule has 0 aromatic heterocycles. The Morgan fingerprint density at radius 2 is 1.56 bits per heavy atom. The highest BCUT2D eigenvalue weighted by Crippen LogP contribution is 2.51. The van der Waals surface area contributed by atoms with Crippen molar-refractivity contribution in [3.63, 3.8) is 0 Å². The molecule has 2 amide bonds. The first-order chi connectivity index (χ1) is 26.1. The quantitative estimate of drug-likeness (QED) is 0.241. The first-order valence-electron chi connectivity index (χ1n) is 19.6. The molecule has 7 rings (SSSR count). The summed E-state index contributed by atoms with van der Waals surface area (Å²) in [7, 11) is -0.760. The lowest BCUT2D eigenvalue weighted by atomic mass is 9.57. The van der Waals surface area contributed by atoms with Gasteiger partial charge >= 0.3 is 6.09 Å². The molecular weight excluding hydrogens is 706 g/mol. The topological polar surface area (TPSA) is 111 Å². The molecule has 3 saturated heterocycles. The van der Waals surface area contributed by atoms with Gasteiger partial charge in [-0.2, -0.15) is 0 Å². The fourth-order valence-electron chi connectivity index (χ4n) is 9.85. The van der Waals surface area contributed by atoms with Crippen molar-refractivity contribution in [3.8, 4) is 0 Å². The first kappa shape index (κ1) is 38.3. The van der Waals surface area contributed by atoms with Crippen LogP contribution < -0.4 is 15.5 Å². The second-order valence-electron chi connectivity index (χ2n) is 15.7. The maximum atomic E-state index is 15.0. The standard InChI is InChI=1S/C42H54FN5O5S/c1-44-40(49)31-10-14-36(15-11-31)54(51,52)37-16-12-35(13-17-37)48-25-18-30(28-48)27-46-23-19-32(20-24-46)42(29-47-21-5-22-47,33-6-3-7-34(43)26-33)38-8-4-9-39(38)45-41(50)53-2/h3,6-7,10-17,26,30,32,38-39H,4-5,8-9,18-25,27-29H2,1-2H3,(H,44,49)(H,45,50)/t30-,38-,39-,42-/m0/s1. The van der Waals surface area contributed by atoms with Crippen molar-refractivity contribution in [3.05, 3.63) is 89.7 Å². The molecule has 1 saturated carbocycles. The molecule has 4 atom stereocenters. The number of piperidine rings is 1. The fourth-order valence-corrected chi connectivity index (χ4v) is 11.1. The molecule has 3 aromatic carbocycles. The lowest BCUT2D eigenvalue weighted by Gasteiger charge is -2.53. The van der Waals surface area contributed by atoms with Gasteiger partial charge in [0.25, 0.3) is 5.91 Å². The third kappa shape index (κ3) is 7.88. The zero-order valence-corrected chi connectivity index (χ0v) is 32.3. The van der Waals surface area contributed by atoms with Crippen LogP contribution in [0.4, 0.5) is 14.9 Å². The summed E-state index contributed by atoms with van der Waals surface area (Å²) in [6, 6.07) is 20.4. The van der Waals surface area contributed by atoms with E-state index in [9.17, 15) is 18.0 Å². The Morgan fingerprint density at radius 3 is 2.19 bits per heavy atom. The second kappa shape index (κ2) is 16.4. The molecule has 290 valence electrons. The number of amides is 2. The van der Waals surface area contributed by atoms with E-state index in [-0.39, 0.29) is 38.9 Å². The van der Waals surface area contributed by atoms with E-state index in [0.29, 0.717) is 17.4 Å². The van der Waals surface area contributed by atoms with Gasteiger partial charge in [-0.25, -0.2) is 17.6 Å². The van der Waals surface area contributed by atoms with Crippen molar-refractivity contribution < 1.29 is 27.1 Å². The summed E-state index contributed by atoms with van der Waals surface area (Å²) in [5, 5.41) is 5.73. The van der Waals surface area contributed by atoms with Crippen molar-refractivity contribution in [2.45, 2.75) is 66.2 Å². The summed E-state index contributed by atoms with van der Waals surface area (Å²) in [4.78, 5) is 32.3. The number of halogens is 1. The predicted molar refractivity (Wildman–Crippen MR) is 207 cm³/mol. The first-order valence-corrected chi connectivity index (χ1v) is 21.1. The van der Waals surface area contributed by atoms with Crippen LogP contribution in [-0.4, -0.2) is 103 Å². The molecule has 0 spiro atoms. The zero-order valence-electron chi connectivity index (χ0n) is 31.5. The van der Waals surface area contributed by atoms with E-state index in [0.717, 1.165) is 102 Å². The Morgan fingerprint density at radius 1 is 0.852 bits per heavy atom. The molecule has 0 radical (unpaired) electrons. The summed E-state index contributed by atoms with van der Waals surface area (Å²) < 4.78 is 46.7. The Labute approximate surface area is 319 Å². The average molecular weight is 760 g/mol. The second-order valence-corrected chi connectivity index (χ2v) is 17.7. The van der Waals surface area contributed by atoms with Crippen molar-refractivity contribution >= 4 is 27.5 Å². The van der Waals surface area contributed by atoms with Gasteiger partial charge in [-0.1, -0.05) is 18.6 Å². The molecule has 12 heteroatoms. The summed E-state index contributed by atoms with van der Waals surface area (Å²) in [5.74, 6) is 0.575. The highest BCUT2D eigenvalue weighted by Gasteiger charge is 2.53. The molecule has 4 fully saturated rings. The van der Waals surface area contributed by atoms with Gasteiger partial charge in [0, 0.05) is 55.9 Å². The molecule has 4 aliphatic rings. The summed E-state index contributed by atoms with van der Waals surface area (Å²) >= 11 is 0. The molecule has 3 aliphatic heterocycles. The van der Waals surface area contributed by atoms with E-state index in [1.165, 1.54) is 50.9 Å². The molecular formula is C42H54FN5O5S. The van der Waals surface area contributed by atoms with E-state index in [1.54, 1.807) is 18.2 Å². The minimum Gasteiger partial charge on any atom is -0.453 e. The number of likely N-dealkylation sites (tertiary alicyclic amines) is 2. The van der Waals surface area contributed by atoms with Gasteiger partial charge in [0.15, 0.2) is 0 Å². The van der Waals surface area contributed by atoms with Gasteiger partial charge in [-0.05, 0) is 149 Å². The van der Waals surface area contributed by atoms with Gasteiger partial charge in [-0.15, -0.1) is 0 Å². The van der Waals surface area contributed by atoms with Gasteiger partial charge in [0.1, 0.15) is 5.82 Å². The lowest BCUT2D eigenvalue weighted by Crippen LogP contribution is -2.59. The number of alkyl carbamates (subject to hydrolysis) is 1. The number of ether oxygens (including phenoxy) is 1. The Kier molecular flexibility index (Phi) is 11.6. The van der Waals surface area contributed by atoms with Gasteiger partial charge in [0.05, 0.1) is 16.9 Å². The lowest BCUT2D eigenvalue weighted by molar-refractivity contribution is 0.0235. The number of benzene rings is 3. The molecule has 54 heavy (non-hydrogen) atoms. The Bertz CT molecular complexity index is 1880. The monoisotopic (exact) mass is 759 g/mol. The van der Waals surface area contributed by atoms with Crippen LogP contribution in [0, 0.1) is 23.6 Å². The van der Waals surface area contributed by atoms with Crippen LogP contribution in [0.5, 0.6) is 0 Å². The Balaban J connectivity index is 1.01. The molecule has 0 bridgehead atoms. The summed E-state index contributed by atoms with van der Waals surface area (Å²) in [5.41, 5.74) is 2.21. The van der Waals surface area contributed by atoms with Gasteiger partial charge < -0.3 is 30.1 Å². The van der Waals surface area contributed by atoms with Crippen LogP contribution >= 0.6 is 0 Å². The Hall–Kier alpha value is -4.00. The van der Waals surface area contributed by atoms with E-state index in [2.05, 4.69) is 31.4 Å². The number of hydrogen-bond acceptors (Lipinski definition) is 8. The van der Waals surface area contributed by atoms with Crippen LogP contribution in [0.1, 0.15) is 60.9 Å². The van der Waals surface area contributed by atoms with Crippen LogP contribution in [0.2, 0.25) is 0 Å². The van der Waals surface area contributed by atoms with Crippen LogP contribution in [0.15, 0.2) is 82.6 Å². The minimum atomic E-state index is -3.72. The van der Waals surface area contributed by atoms with Gasteiger partial charge in [-0.3, -0.25) is 4.79 Å². The van der Waals surface area contributed by atoms with Crippen molar-refractivity contribution in [2.24, 2.45) is 17.8 Å². The van der Waals surface area contributed by atoms with Crippen molar-refractivity contribution in [2.75, 3.05) is 71.4 Å². The number of hydrogen-bond donors (Lipinski definition) is 2. The minimum absolute atomic E-state index is 0.0134. The normalized spacial score (nSPS) is 23.8.